The molecule has 0 aromatic heterocycles. The molecule has 1 saturated heterocycles. The van der Waals surface area contributed by atoms with Crippen LogP contribution in [0, 0.1) is 0 Å². The van der Waals surface area contributed by atoms with E-state index in [0.717, 1.165) is 23.3 Å². The Labute approximate surface area is 159 Å². The summed E-state index contributed by atoms with van der Waals surface area (Å²) >= 11 is 3.55. The largest absolute Gasteiger partial charge is 0.492 e. The van der Waals surface area contributed by atoms with E-state index in [1.54, 1.807) is 0 Å². The fourth-order valence-electron chi connectivity index (χ4n) is 2.89. The van der Waals surface area contributed by atoms with E-state index in [0.29, 0.717) is 19.2 Å². The molecule has 0 radical (unpaired) electrons. The van der Waals surface area contributed by atoms with Crippen LogP contribution < -0.4 is 10.1 Å². The van der Waals surface area contributed by atoms with Crippen molar-refractivity contribution in [2.75, 3.05) is 19.7 Å². The lowest BCUT2D eigenvalue weighted by molar-refractivity contribution is 0.0520. The van der Waals surface area contributed by atoms with Gasteiger partial charge in [-0.15, -0.1) is 0 Å². The number of likely N-dealkylation sites (tertiary alicyclic amines) is 1. The SMILES string of the molecule is CC1CCCN1Cc1cc(Br)cc(OCCNC(=O)OC(C)(C)C)c1. The third-order valence-electron chi connectivity index (χ3n) is 4.05. The van der Waals surface area contributed by atoms with Crippen LogP contribution in [0.3, 0.4) is 0 Å². The number of amides is 1. The minimum Gasteiger partial charge on any atom is -0.492 e. The van der Waals surface area contributed by atoms with Gasteiger partial charge in [0.15, 0.2) is 0 Å². The van der Waals surface area contributed by atoms with Crippen molar-refractivity contribution in [1.82, 2.24) is 10.2 Å². The number of hydrogen-bond donors (Lipinski definition) is 1. The Kier molecular flexibility index (Phi) is 7.14. The fourth-order valence-corrected chi connectivity index (χ4v) is 3.41. The van der Waals surface area contributed by atoms with Crippen LogP contribution in [0.2, 0.25) is 0 Å². The number of halogens is 1. The molecule has 2 rings (SSSR count). The summed E-state index contributed by atoms with van der Waals surface area (Å²) in [7, 11) is 0. The highest BCUT2D eigenvalue weighted by atomic mass is 79.9. The number of carbonyl (C=O) groups excluding carboxylic acids is 1. The van der Waals surface area contributed by atoms with Gasteiger partial charge in [0.1, 0.15) is 18.0 Å². The lowest BCUT2D eigenvalue weighted by Crippen LogP contribution is -2.34. The van der Waals surface area contributed by atoms with Gasteiger partial charge in [0.2, 0.25) is 0 Å². The third-order valence-corrected chi connectivity index (χ3v) is 4.50. The molecule has 1 aliphatic heterocycles. The van der Waals surface area contributed by atoms with Crippen molar-refractivity contribution in [1.29, 1.82) is 0 Å². The summed E-state index contributed by atoms with van der Waals surface area (Å²) in [6.07, 6.45) is 2.12. The van der Waals surface area contributed by atoms with Crippen LogP contribution in [0.25, 0.3) is 0 Å². The zero-order valence-corrected chi connectivity index (χ0v) is 17.2. The van der Waals surface area contributed by atoms with Crippen LogP contribution >= 0.6 is 15.9 Å². The van der Waals surface area contributed by atoms with Crippen molar-refractivity contribution >= 4 is 22.0 Å². The lowest BCUT2D eigenvalue weighted by atomic mass is 10.2. The fraction of sp³-hybridized carbons (Fsp3) is 0.632. The van der Waals surface area contributed by atoms with Crippen LogP contribution in [-0.2, 0) is 11.3 Å². The normalized spacial score (nSPS) is 18.2. The minimum absolute atomic E-state index is 0.398. The van der Waals surface area contributed by atoms with Crippen LogP contribution in [0.1, 0.15) is 46.1 Å². The Hall–Kier alpha value is -1.27. The third kappa shape index (κ3) is 7.24. The van der Waals surface area contributed by atoms with E-state index in [9.17, 15) is 4.79 Å². The summed E-state index contributed by atoms with van der Waals surface area (Å²) in [6.45, 7) is 10.7. The molecule has 1 fully saturated rings. The average Bonchev–Trinajstić information content (AvgIpc) is 2.86. The molecule has 5 nitrogen and oxygen atoms in total. The van der Waals surface area contributed by atoms with E-state index in [4.69, 9.17) is 9.47 Å². The maximum atomic E-state index is 11.6. The molecule has 1 heterocycles. The molecule has 1 unspecified atom stereocenters. The first-order chi connectivity index (χ1) is 11.7. The highest BCUT2D eigenvalue weighted by Gasteiger charge is 2.20. The number of nitrogens with zero attached hydrogens (tertiary/aromatic N) is 1. The highest BCUT2D eigenvalue weighted by molar-refractivity contribution is 9.10. The maximum Gasteiger partial charge on any atom is 0.407 e. The van der Waals surface area contributed by atoms with Gasteiger partial charge in [0, 0.05) is 17.1 Å². The predicted molar refractivity (Wildman–Crippen MR) is 103 cm³/mol. The molecule has 0 spiro atoms. The molecule has 1 atom stereocenters. The highest BCUT2D eigenvalue weighted by Crippen LogP contribution is 2.25. The van der Waals surface area contributed by atoms with Crippen LogP contribution in [0.4, 0.5) is 4.79 Å². The van der Waals surface area contributed by atoms with Gasteiger partial charge in [0.25, 0.3) is 0 Å². The van der Waals surface area contributed by atoms with Gasteiger partial charge >= 0.3 is 6.09 Å². The second-order valence-corrected chi connectivity index (χ2v) is 8.45. The van der Waals surface area contributed by atoms with Crippen molar-refractivity contribution in [3.63, 3.8) is 0 Å². The smallest absolute Gasteiger partial charge is 0.407 e. The molecule has 1 aromatic carbocycles. The van der Waals surface area contributed by atoms with Crippen molar-refractivity contribution in [2.24, 2.45) is 0 Å². The number of alkyl carbamates (subject to hydrolysis) is 1. The van der Waals surface area contributed by atoms with Gasteiger partial charge in [0.05, 0.1) is 6.54 Å². The van der Waals surface area contributed by atoms with Gasteiger partial charge in [-0.25, -0.2) is 4.79 Å². The molecule has 0 aliphatic carbocycles. The zero-order chi connectivity index (χ0) is 18.4. The molecular formula is C19H29BrN2O3. The van der Waals surface area contributed by atoms with E-state index in [1.165, 1.54) is 18.4 Å². The van der Waals surface area contributed by atoms with Crippen molar-refractivity contribution in [2.45, 2.75) is 58.7 Å². The summed E-state index contributed by atoms with van der Waals surface area (Å²) in [5.74, 6) is 0.808. The molecule has 1 amide bonds. The molecule has 1 aliphatic rings. The van der Waals surface area contributed by atoms with Crippen LogP contribution in [0.15, 0.2) is 22.7 Å². The van der Waals surface area contributed by atoms with Gasteiger partial charge in [-0.05, 0) is 70.8 Å². The van der Waals surface area contributed by atoms with Gasteiger partial charge in [-0.3, -0.25) is 4.90 Å². The van der Waals surface area contributed by atoms with Crippen LogP contribution in [0.5, 0.6) is 5.75 Å². The number of benzene rings is 1. The van der Waals surface area contributed by atoms with E-state index in [2.05, 4.69) is 45.2 Å². The van der Waals surface area contributed by atoms with Gasteiger partial charge < -0.3 is 14.8 Å². The van der Waals surface area contributed by atoms with Crippen molar-refractivity contribution in [3.8, 4) is 5.75 Å². The Bertz CT molecular complexity index is 587. The van der Waals surface area contributed by atoms with Crippen molar-refractivity contribution < 1.29 is 14.3 Å². The summed E-state index contributed by atoms with van der Waals surface area (Å²) < 4.78 is 12.0. The Morgan fingerprint density at radius 1 is 1.36 bits per heavy atom. The maximum absolute atomic E-state index is 11.6. The van der Waals surface area contributed by atoms with Gasteiger partial charge in [-0.1, -0.05) is 15.9 Å². The second-order valence-electron chi connectivity index (χ2n) is 7.53. The summed E-state index contributed by atoms with van der Waals surface area (Å²) in [5, 5.41) is 2.70. The minimum atomic E-state index is -0.489. The second kappa shape index (κ2) is 8.90. The van der Waals surface area contributed by atoms with Crippen molar-refractivity contribution in [3.05, 3.63) is 28.2 Å². The lowest BCUT2D eigenvalue weighted by Gasteiger charge is -2.21. The first kappa shape index (κ1) is 20.0. The van der Waals surface area contributed by atoms with E-state index < -0.39 is 11.7 Å². The summed E-state index contributed by atoms with van der Waals surface area (Å²) in [5.41, 5.74) is 0.745. The summed E-state index contributed by atoms with van der Waals surface area (Å²) in [4.78, 5) is 14.1. The predicted octanol–water partition coefficient (Wildman–Crippen LogP) is 4.34. The molecule has 0 saturated carbocycles. The van der Waals surface area contributed by atoms with E-state index in [1.807, 2.05) is 26.8 Å². The number of rotatable bonds is 6. The topological polar surface area (TPSA) is 50.8 Å². The Morgan fingerprint density at radius 2 is 2.12 bits per heavy atom. The standard InChI is InChI=1S/C19H29BrN2O3/c1-14-6-5-8-22(14)13-15-10-16(20)12-17(11-15)24-9-7-21-18(23)25-19(2,3)4/h10-12,14H,5-9,13H2,1-4H3,(H,21,23). The Balaban J connectivity index is 1.80. The average molecular weight is 413 g/mol. The first-order valence-corrected chi connectivity index (χ1v) is 9.65. The number of nitrogens with one attached hydrogen (secondary N) is 1. The zero-order valence-electron chi connectivity index (χ0n) is 15.6. The molecule has 140 valence electrons. The molecule has 6 heteroatoms. The number of ether oxygens (including phenoxy) is 2. The van der Waals surface area contributed by atoms with Crippen LogP contribution in [-0.4, -0.2) is 42.3 Å². The molecule has 1 aromatic rings. The first-order valence-electron chi connectivity index (χ1n) is 8.86. The summed E-state index contributed by atoms with van der Waals surface area (Å²) in [6, 6.07) is 6.80. The Morgan fingerprint density at radius 3 is 2.76 bits per heavy atom. The quantitative estimate of drug-likeness (QED) is 0.706. The molecule has 0 bridgehead atoms. The number of hydrogen-bond acceptors (Lipinski definition) is 4. The van der Waals surface area contributed by atoms with E-state index >= 15 is 0 Å². The van der Waals surface area contributed by atoms with Gasteiger partial charge in [-0.2, -0.15) is 0 Å². The molecule has 1 N–H and O–H groups in total. The molecular weight excluding hydrogens is 384 g/mol. The number of carbonyl (C=O) groups is 1. The molecule has 25 heavy (non-hydrogen) atoms. The van der Waals surface area contributed by atoms with E-state index in [-0.39, 0.29) is 0 Å². The monoisotopic (exact) mass is 412 g/mol.